The molecule has 0 unspecified atom stereocenters. The lowest BCUT2D eigenvalue weighted by Gasteiger charge is -2.11. The summed E-state index contributed by atoms with van der Waals surface area (Å²) in [5.41, 5.74) is 0.227. The largest absolute Gasteiger partial charge is 0.477 e. The van der Waals surface area contributed by atoms with Gasteiger partial charge in [-0.05, 0) is 12.1 Å². The summed E-state index contributed by atoms with van der Waals surface area (Å²) in [6.07, 6.45) is 1.57. The Balaban J connectivity index is 0.000000146. The first-order valence-corrected chi connectivity index (χ1v) is 4.59. The quantitative estimate of drug-likeness (QED) is 0.506. The van der Waals surface area contributed by atoms with Gasteiger partial charge in [-0.15, -0.1) is 0 Å². The molecule has 0 amide bonds. The van der Waals surface area contributed by atoms with E-state index in [1.165, 1.54) is 6.07 Å². The van der Waals surface area contributed by atoms with Crippen molar-refractivity contribution in [1.82, 2.24) is 15.6 Å². The van der Waals surface area contributed by atoms with E-state index in [2.05, 4.69) is 15.6 Å². The Morgan fingerprint density at radius 2 is 1.79 bits per heavy atom. The lowest BCUT2D eigenvalue weighted by atomic mass is 10.4. The van der Waals surface area contributed by atoms with Gasteiger partial charge in [0.1, 0.15) is 5.69 Å². The minimum atomic E-state index is -0.921. The molecule has 0 aliphatic carbocycles. The van der Waals surface area contributed by atoms with Gasteiger partial charge in [0.15, 0.2) is 0 Å². The maximum Gasteiger partial charge on any atom is 0.352 e. The van der Waals surface area contributed by atoms with Crippen molar-refractivity contribution >= 4 is 5.97 Å². The summed E-state index contributed by atoms with van der Waals surface area (Å²) >= 11 is 0. The standard InChI is InChI=1S/C5H5NO2.C4H10N2/c7-5(8)4-2-1-3-6-4;1-2-6-4-3-5-1/h1-3,6H,(H,7,8);5-6H,1-4H2. The zero-order valence-electron chi connectivity index (χ0n) is 7.92. The lowest BCUT2D eigenvalue weighted by molar-refractivity contribution is 0.0691. The van der Waals surface area contributed by atoms with Gasteiger partial charge in [0.25, 0.3) is 0 Å². The summed E-state index contributed by atoms with van der Waals surface area (Å²) in [6.45, 7) is 4.56. The Morgan fingerprint density at radius 1 is 1.21 bits per heavy atom. The number of aromatic nitrogens is 1. The van der Waals surface area contributed by atoms with Crippen LogP contribution in [0.2, 0.25) is 0 Å². The van der Waals surface area contributed by atoms with Crippen LogP contribution >= 0.6 is 0 Å². The van der Waals surface area contributed by atoms with Gasteiger partial charge in [-0.2, -0.15) is 0 Å². The zero-order valence-corrected chi connectivity index (χ0v) is 7.92. The molecule has 1 aromatic rings. The van der Waals surface area contributed by atoms with Crippen LogP contribution < -0.4 is 10.6 Å². The molecule has 2 heterocycles. The molecule has 0 aromatic carbocycles. The number of aromatic amines is 1. The average molecular weight is 197 g/mol. The summed E-state index contributed by atoms with van der Waals surface area (Å²) in [5, 5.41) is 14.7. The number of aromatic carboxylic acids is 1. The van der Waals surface area contributed by atoms with Gasteiger partial charge in [0, 0.05) is 32.4 Å². The van der Waals surface area contributed by atoms with E-state index in [9.17, 15) is 4.79 Å². The Labute approximate surface area is 82.5 Å². The average Bonchev–Trinajstić information content (AvgIpc) is 2.74. The Kier molecular flexibility index (Phi) is 4.74. The molecule has 0 atom stereocenters. The van der Waals surface area contributed by atoms with Crippen molar-refractivity contribution in [3.8, 4) is 0 Å². The molecule has 78 valence electrons. The van der Waals surface area contributed by atoms with E-state index in [1.807, 2.05) is 0 Å². The number of H-pyrrole nitrogens is 1. The molecule has 14 heavy (non-hydrogen) atoms. The van der Waals surface area contributed by atoms with Crippen molar-refractivity contribution in [2.24, 2.45) is 0 Å². The van der Waals surface area contributed by atoms with Crippen LogP contribution in [0.3, 0.4) is 0 Å². The Morgan fingerprint density at radius 3 is 2.00 bits per heavy atom. The predicted octanol–water partition coefficient (Wildman–Crippen LogP) is -0.108. The first-order valence-electron chi connectivity index (χ1n) is 4.59. The monoisotopic (exact) mass is 197 g/mol. The summed E-state index contributed by atoms with van der Waals surface area (Å²) in [6, 6.07) is 3.14. The normalized spacial score (nSPS) is 15.4. The van der Waals surface area contributed by atoms with E-state index in [4.69, 9.17) is 5.11 Å². The maximum atomic E-state index is 10.0. The molecule has 0 saturated carbocycles. The second kappa shape index (κ2) is 6.17. The highest BCUT2D eigenvalue weighted by Gasteiger charge is 1.98. The van der Waals surface area contributed by atoms with Crippen LogP contribution in [0, 0.1) is 0 Å². The Bertz CT molecular complexity index is 244. The second-order valence-electron chi connectivity index (χ2n) is 2.89. The number of piperazine rings is 1. The fourth-order valence-corrected chi connectivity index (χ4v) is 1.07. The molecular weight excluding hydrogens is 182 g/mol. The number of hydrogen-bond acceptors (Lipinski definition) is 3. The summed E-state index contributed by atoms with van der Waals surface area (Å²) < 4.78 is 0. The minimum Gasteiger partial charge on any atom is -0.477 e. The number of carbonyl (C=O) groups is 1. The first-order chi connectivity index (χ1) is 6.80. The van der Waals surface area contributed by atoms with Crippen LogP contribution in [0.15, 0.2) is 18.3 Å². The molecule has 1 aromatic heterocycles. The van der Waals surface area contributed by atoms with Crippen LogP contribution in [0.5, 0.6) is 0 Å². The summed E-state index contributed by atoms with van der Waals surface area (Å²) in [5.74, 6) is -0.921. The predicted molar refractivity (Wildman–Crippen MR) is 53.5 cm³/mol. The summed E-state index contributed by atoms with van der Waals surface area (Å²) in [7, 11) is 0. The van der Waals surface area contributed by atoms with Gasteiger partial charge >= 0.3 is 5.97 Å². The molecule has 1 aliphatic rings. The molecule has 5 nitrogen and oxygen atoms in total. The molecule has 2 rings (SSSR count). The lowest BCUT2D eigenvalue weighted by Crippen LogP contribution is -2.39. The van der Waals surface area contributed by atoms with E-state index in [0.29, 0.717) is 0 Å². The SMILES string of the molecule is C1CNCCN1.O=C(O)c1ccc[nH]1. The molecule has 5 heteroatoms. The highest BCUT2D eigenvalue weighted by atomic mass is 16.4. The van der Waals surface area contributed by atoms with E-state index in [1.54, 1.807) is 12.3 Å². The van der Waals surface area contributed by atoms with Crippen molar-refractivity contribution in [1.29, 1.82) is 0 Å². The van der Waals surface area contributed by atoms with Gasteiger partial charge in [-0.1, -0.05) is 0 Å². The van der Waals surface area contributed by atoms with Crippen LogP contribution in [0.25, 0.3) is 0 Å². The number of nitrogens with one attached hydrogen (secondary N) is 3. The molecule has 1 saturated heterocycles. The third-order valence-electron chi connectivity index (χ3n) is 1.79. The zero-order chi connectivity index (χ0) is 10.2. The van der Waals surface area contributed by atoms with Crippen molar-refractivity contribution in [2.45, 2.75) is 0 Å². The number of carboxylic acids is 1. The number of hydrogen-bond donors (Lipinski definition) is 4. The molecule has 1 fully saturated rings. The van der Waals surface area contributed by atoms with Crippen molar-refractivity contribution in [2.75, 3.05) is 26.2 Å². The third kappa shape index (κ3) is 4.06. The maximum absolute atomic E-state index is 10.0. The van der Waals surface area contributed by atoms with Crippen molar-refractivity contribution in [3.63, 3.8) is 0 Å². The van der Waals surface area contributed by atoms with Gasteiger partial charge in [0.2, 0.25) is 0 Å². The van der Waals surface area contributed by atoms with Gasteiger partial charge in [-0.25, -0.2) is 4.79 Å². The van der Waals surface area contributed by atoms with Crippen LogP contribution in [0.1, 0.15) is 10.5 Å². The van der Waals surface area contributed by atoms with Crippen molar-refractivity contribution < 1.29 is 9.90 Å². The Hall–Kier alpha value is -1.33. The van der Waals surface area contributed by atoms with E-state index >= 15 is 0 Å². The topological polar surface area (TPSA) is 77.2 Å². The highest BCUT2D eigenvalue weighted by Crippen LogP contribution is 1.91. The smallest absolute Gasteiger partial charge is 0.352 e. The fraction of sp³-hybridized carbons (Fsp3) is 0.444. The minimum absolute atomic E-state index is 0.227. The summed E-state index contributed by atoms with van der Waals surface area (Å²) in [4.78, 5) is 12.6. The van der Waals surface area contributed by atoms with Crippen LogP contribution in [-0.2, 0) is 0 Å². The molecule has 0 spiro atoms. The molecule has 0 radical (unpaired) electrons. The number of carboxylic acid groups (broad SMARTS) is 1. The molecular formula is C9H15N3O2. The molecule has 0 bridgehead atoms. The molecule has 4 N–H and O–H groups in total. The van der Waals surface area contributed by atoms with Gasteiger partial charge < -0.3 is 20.7 Å². The molecule has 1 aliphatic heterocycles. The van der Waals surface area contributed by atoms with E-state index in [0.717, 1.165) is 26.2 Å². The van der Waals surface area contributed by atoms with Crippen LogP contribution in [0.4, 0.5) is 0 Å². The highest BCUT2D eigenvalue weighted by molar-refractivity contribution is 5.85. The van der Waals surface area contributed by atoms with Crippen molar-refractivity contribution in [3.05, 3.63) is 24.0 Å². The number of rotatable bonds is 1. The van der Waals surface area contributed by atoms with Gasteiger partial charge in [0.05, 0.1) is 0 Å². The third-order valence-corrected chi connectivity index (χ3v) is 1.79. The first kappa shape index (κ1) is 10.7. The van der Waals surface area contributed by atoms with E-state index < -0.39 is 5.97 Å². The fourth-order valence-electron chi connectivity index (χ4n) is 1.07. The second-order valence-corrected chi connectivity index (χ2v) is 2.89. The van der Waals surface area contributed by atoms with E-state index in [-0.39, 0.29) is 5.69 Å². The van der Waals surface area contributed by atoms with Crippen LogP contribution in [-0.4, -0.2) is 42.2 Å². The van der Waals surface area contributed by atoms with Gasteiger partial charge in [-0.3, -0.25) is 0 Å².